The van der Waals surface area contributed by atoms with Gasteiger partial charge in [-0.05, 0) is 30.2 Å². The zero-order valence-electron chi connectivity index (χ0n) is 14.6. The number of hydrogen-bond donors (Lipinski definition) is 1. The van der Waals surface area contributed by atoms with Crippen LogP contribution in [0.4, 0.5) is 5.69 Å². The largest absolute Gasteiger partial charge is 0.426 e. The molecule has 0 spiro atoms. The van der Waals surface area contributed by atoms with Gasteiger partial charge in [0.05, 0.1) is 9.72 Å². The summed E-state index contributed by atoms with van der Waals surface area (Å²) in [6, 6.07) is 11.9. The van der Waals surface area contributed by atoms with Gasteiger partial charge in [-0.3, -0.25) is 4.79 Å². The minimum Gasteiger partial charge on any atom is -0.426 e. The zero-order valence-corrected chi connectivity index (χ0v) is 16.1. The molecule has 3 aromatic rings. The predicted molar refractivity (Wildman–Crippen MR) is 108 cm³/mol. The summed E-state index contributed by atoms with van der Waals surface area (Å²) in [5.74, 6) is 0.0533. The number of benzene rings is 2. The molecule has 2 aromatic carbocycles. The topological polar surface area (TPSA) is 54.5 Å². The van der Waals surface area contributed by atoms with Gasteiger partial charge in [0.1, 0.15) is 22.2 Å². The van der Waals surface area contributed by atoms with Crippen LogP contribution in [0, 0.1) is 0 Å². The third-order valence-electron chi connectivity index (χ3n) is 5.14. The van der Waals surface area contributed by atoms with E-state index in [9.17, 15) is 4.79 Å². The fraction of sp³-hybridized carbons (Fsp3) is 0.300. The summed E-state index contributed by atoms with van der Waals surface area (Å²) < 4.78 is 6.70. The van der Waals surface area contributed by atoms with E-state index in [-0.39, 0.29) is 11.9 Å². The van der Waals surface area contributed by atoms with Gasteiger partial charge in [0.15, 0.2) is 0 Å². The predicted octanol–water partition coefficient (Wildman–Crippen LogP) is 3.60. The Morgan fingerprint density at radius 3 is 2.89 bits per heavy atom. The minimum atomic E-state index is -0.379. The Morgan fingerprint density at radius 2 is 2.07 bits per heavy atom. The second kappa shape index (κ2) is 6.78. The number of piperazine rings is 1. The van der Waals surface area contributed by atoms with Gasteiger partial charge in [-0.2, -0.15) is 0 Å². The summed E-state index contributed by atoms with van der Waals surface area (Å²) in [5.41, 5.74) is 2.91. The number of para-hydroxylation sites is 1. The van der Waals surface area contributed by atoms with E-state index in [0.29, 0.717) is 17.2 Å². The fourth-order valence-corrected chi connectivity index (χ4v) is 5.03. The summed E-state index contributed by atoms with van der Waals surface area (Å²) >= 11 is 7.75. The van der Waals surface area contributed by atoms with E-state index in [1.807, 2.05) is 24.3 Å². The summed E-state index contributed by atoms with van der Waals surface area (Å²) in [7, 11) is 0. The van der Waals surface area contributed by atoms with Gasteiger partial charge in [-0.15, -0.1) is 11.3 Å². The highest BCUT2D eigenvalue weighted by Crippen LogP contribution is 2.39. The number of thiazole rings is 1. The zero-order chi connectivity index (χ0) is 18.4. The van der Waals surface area contributed by atoms with Crippen molar-refractivity contribution in [3.8, 4) is 5.75 Å². The van der Waals surface area contributed by atoms with Gasteiger partial charge in [0.25, 0.3) is 0 Å². The average molecular weight is 400 g/mol. The summed E-state index contributed by atoms with van der Waals surface area (Å²) in [6.07, 6.45) is 0.605. The smallest absolute Gasteiger partial charge is 0.321 e. The van der Waals surface area contributed by atoms with Crippen LogP contribution in [0.25, 0.3) is 10.2 Å². The molecule has 2 aliphatic rings. The van der Waals surface area contributed by atoms with E-state index in [1.54, 1.807) is 0 Å². The molecule has 3 heterocycles. The number of ether oxygens (including phenoxy) is 1. The Balaban J connectivity index is 1.45. The van der Waals surface area contributed by atoms with Crippen molar-refractivity contribution in [2.45, 2.75) is 12.3 Å². The molecule has 1 aromatic heterocycles. The normalized spacial score (nSPS) is 19.8. The SMILES string of the molecule is O=C1Oc2cc(N3CCNCC3)ccc2CC1c1nc2c(Cl)cccc2s1. The second-order valence-corrected chi connectivity index (χ2v) is 8.31. The number of carbonyl (C=O) groups is 1. The van der Waals surface area contributed by atoms with Crippen molar-refractivity contribution in [3.63, 3.8) is 0 Å². The standard InChI is InChI=1S/C20H18ClN3O2S/c21-15-2-1-3-17-18(15)23-19(27-17)14-10-12-4-5-13(11-16(12)26-20(14)25)24-8-6-22-7-9-24/h1-5,11,14,22H,6-10H2. The molecule has 5 rings (SSSR count). The van der Waals surface area contributed by atoms with Crippen LogP contribution in [0.15, 0.2) is 36.4 Å². The molecule has 27 heavy (non-hydrogen) atoms. The average Bonchev–Trinajstić information content (AvgIpc) is 3.13. The lowest BCUT2D eigenvalue weighted by Crippen LogP contribution is -2.43. The maximum absolute atomic E-state index is 12.7. The maximum atomic E-state index is 12.7. The summed E-state index contributed by atoms with van der Waals surface area (Å²) in [5, 5.41) is 4.73. The van der Waals surface area contributed by atoms with Crippen molar-refractivity contribution in [1.82, 2.24) is 10.3 Å². The van der Waals surface area contributed by atoms with Crippen LogP contribution < -0.4 is 15.0 Å². The number of hydrogen-bond acceptors (Lipinski definition) is 6. The highest BCUT2D eigenvalue weighted by Gasteiger charge is 2.33. The molecule has 1 saturated heterocycles. The first-order valence-corrected chi connectivity index (χ1v) is 10.2. The number of aromatic nitrogens is 1. The van der Waals surface area contributed by atoms with E-state index >= 15 is 0 Å². The number of anilines is 1. The molecule has 0 bridgehead atoms. The van der Waals surface area contributed by atoms with Crippen LogP contribution in [-0.2, 0) is 11.2 Å². The minimum absolute atomic E-state index is 0.241. The van der Waals surface area contributed by atoms with Crippen molar-refractivity contribution in [2.24, 2.45) is 0 Å². The first kappa shape index (κ1) is 17.0. The lowest BCUT2D eigenvalue weighted by molar-refractivity contribution is -0.137. The molecule has 5 nitrogen and oxygen atoms in total. The Hall–Kier alpha value is -2.15. The van der Waals surface area contributed by atoms with Gasteiger partial charge in [-0.25, -0.2) is 4.98 Å². The molecule has 0 saturated carbocycles. The molecule has 1 fully saturated rings. The van der Waals surface area contributed by atoms with E-state index < -0.39 is 0 Å². The number of rotatable bonds is 2. The Bertz CT molecular complexity index is 1030. The van der Waals surface area contributed by atoms with Gasteiger partial charge >= 0.3 is 5.97 Å². The molecule has 0 radical (unpaired) electrons. The Morgan fingerprint density at radius 1 is 1.22 bits per heavy atom. The van der Waals surface area contributed by atoms with Crippen LogP contribution in [-0.4, -0.2) is 37.1 Å². The molecule has 7 heteroatoms. The molecular weight excluding hydrogens is 382 g/mol. The Labute approximate surface area is 165 Å². The van der Waals surface area contributed by atoms with Crippen LogP contribution in [0.2, 0.25) is 5.02 Å². The third-order valence-corrected chi connectivity index (χ3v) is 6.58. The highest BCUT2D eigenvalue weighted by molar-refractivity contribution is 7.18. The number of esters is 1. The third kappa shape index (κ3) is 3.08. The van der Waals surface area contributed by atoms with Crippen molar-refractivity contribution < 1.29 is 9.53 Å². The summed E-state index contributed by atoms with van der Waals surface area (Å²) in [4.78, 5) is 19.6. The van der Waals surface area contributed by atoms with Gasteiger partial charge < -0.3 is 15.0 Å². The number of nitrogens with one attached hydrogen (secondary N) is 1. The van der Waals surface area contributed by atoms with Crippen LogP contribution in [0.3, 0.4) is 0 Å². The number of halogens is 1. The second-order valence-electron chi connectivity index (χ2n) is 6.85. The molecule has 138 valence electrons. The quantitative estimate of drug-likeness (QED) is 0.527. The maximum Gasteiger partial charge on any atom is 0.321 e. The molecular formula is C20H18ClN3O2S. The van der Waals surface area contributed by atoms with Crippen LogP contribution >= 0.6 is 22.9 Å². The van der Waals surface area contributed by atoms with E-state index in [4.69, 9.17) is 16.3 Å². The summed E-state index contributed by atoms with van der Waals surface area (Å²) in [6.45, 7) is 3.86. The molecule has 1 atom stereocenters. The van der Waals surface area contributed by atoms with E-state index in [0.717, 1.165) is 52.7 Å². The molecule has 2 aliphatic heterocycles. The van der Waals surface area contributed by atoms with Crippen molar-refractivity contribution in [3.05, 3.63) is 52.0 Å². The molecule has 0 aliphatic carbocycles. The van der Waals surface area contributed by atoms with Crippen molar-refractivity contribution >= 4 is 44.8 Å². The lowest BCUT2D eigenvalue weighted by atomic mass is 9.96. The van der Waals surface area contributed by atoms with Gasteiger partial charge in [-0.1, -0.05) is 23.7 Å². The fourth-order valence-electron chi connectivity index (χ4n) is 3.68. The van der Waals surface area contributed by atoms with Crippen molar-refractivity contribution in [2.75, 3.05) is 31.1 Å². The lowest BCUT2D eigenvalue weighted by Gasteiger charge is -2.31. The number of carbonyl (C=O) groups excluding carboxylic acids is 1. The monoisotopic (exact) mass is 399 g/mol. The van der Waals surface area contributed by atoms with Crippen LogP contribution in [0.5, 0.6) is 5.75 Å². The van der Waals surface area contributed by atoms with Crippen LogP contribution in [0.1, 0.15) is 16.5 Å². The first-order valence-electron chi connectivity index (χ1n) is 9.04. The van der Waals surface area contributed by atoms with Crippen molar-refractivity contribution in [1.29, 1.82) is 0 Å². The molecule has 1 unspecified atom stereocenters. The van der Waals surface area contributed by atoms with Gasteiger partial charge in [0.2, 0.25) is 0 Å². The molecule has 0 amide bonds. The highest BCUT2D eigenvalue weighted by atomic mass is 35.5. The van der Waals surface area contributed by atoms with E-state index in [2.05, 4.69) is 27.3 Å². The Kier molecular flexibility index (Phi) is 4.27. The number of fused-ring (bicyclic) bond motifs is 2. The first-order chi connectivity index (χ1) is 13.2. The van der Waals surface area contributed by atoms with Gasteiger partial charge in [0, 0.05) is 37.9 Å². The number of nitrogens with zero attached hydrogens (tertiary/aromatic N) is 2. The van der Waals surface area contributed by atoms with E-state index in [1.165, 1.54) is 11.3 Å². The molecule has 1 N–H and O–H groups in total.